The van der Waals surface area contributed by atoms with Crippen molar-refractivity contribution in [1.82, 2.24) is 15.4 Å². The van der Waals surface area contributed by atoms with Crippen LogP contribution in [0.5, 0.6) is 0 Å². The Morgan fingerprint density at radius 3 is 2.62 bits per heavy atom. The number of carbonyl (C=O) groups is 1. The number of amides is 1. The van der Waals surface area contributed by atoms with Crippen LogP contribution < -0.4 is 15.4 Å². The summed E-state index contributed by atoms with van der Waals surface area (Å²) in [4.78, 5) is 13.3. The van der Waals surface area contributed by atoms with Crippen molar-refractivity contribution in [3.05, 3.63) is 63.9 Å². The lowest BCUT2D eigenvalue weighted by molar-refractivity contribution is 0.0956. The molecule has 0 aliphatic carbocycles. The summed E-state index contributed by atoms with van der Waals surface area (Å²) >= 11 is 1.49. The predicted octanol–water partition coefficient (Wildman–Crippen LogP) is 1.88. The number of hydrogen-bond acceptors (Lipinski definition) is 5. The van der Waals surface area contributed by atoms with Crippen LogP contribution in [0.1, 0.15) is 21.7 Å². The smallest absolute Gasteiger partial charge is 0.251 e. The lowest BCUT2D eigenvalue weighted by Gasteiger charge is -2.14. The van der Waals surface area contributed by atoms with Crippen molar-refractivity contribution >= 4 is 27.3 Å². The number of hydrogen-bond donors (Lipinski definition) is 3. The second-order valence-electron chi connectivity index (χ2n) is 5.93. The van der Waals surface area contributed by atoms with Gasteiger partial charge in [0.2, 0.25) is 10.0 Å². The Morgan fingerprint density at radius 1 is 1.15 bits per heavy atom. The van der Waals surface area contributed by atoms with Gasteiger partial charge in [-0.2, -0.15) is 0 Å². The standard InChI is InChI=1S/C18H21N3O3S2/c22-18(20-12-14-7-9-19-10-8-14)15-3-5-17(6-4-15)26(23,24)21-13-16-2-1-11-25-16/h1-7,11,19,21H,8-10,12-13H2,(H,20,22). The molecule has 1 aliphatic rings. The van der Waals surface area contributed by atoms with Gasteiger partial charge in [0.05, 0.1) is 4.90 Å². The highest BCUT2D eigenvalue weighted by atomic mass is 32.2. The van der Waals surface area contributed by atoms with E-state index in [9.17, 15) is 13.2 Å². The largest absolute Gasteiger partial charge is 0.348 e. The van der Waals surface area contributed by atoms with Crippen LogP contribution in [0.25, 0.3) is 0 Å². The zero-order valence-electron chi connectivity index (χ0n) is 14.2. The maximum absolute atomic E-state index is 12.3. The zero-order chi connectivity index (χ0) is 18.4. The van der Waals surface area contributed by atoms with Crippen molar-refractivity contribution in [3.8, 4) is 0 Å². The van der Waals surface area contributed by atoms with Gasteiger partial charge < -0.3 is 10.6 Å². The summed E-state index contributed by atoms with van der Waals surface area (Å²) in [6.07, 6.45) is 3.01. The third-order valence-corrected chi connectivity index (χ3v) is 6.37. The van der Waals surface area contributed by atoms with E-state index >= 15 is 0 Å². The fourth-order valence-electron chi connectivity index (χ4n) is 2.57. The van der Waals surface area contributed by atoms with Crippen molar-refractivity contribution in [2.45, 2.75) is 17.9 Å². The topological polar surface area (TPSA) is 87.3 Å². The SMILES string of the molecule is O=C(NCC1=CCNCC1)c1ccc(S(=O)(=O)NCc2cccs2)cc1. The molecule has 3 N–H and O–H groups in total. The van der Waals surface area contributed by atoms with E-state index in [1.54, 1.807) is 0 Å². The van der Waals surface area contributed by atoms with Crippen LogP contribution in [0.3, 0.4) is 0 Å². The molecule has 26 heavy (non-hydrogen) atoms. The minimum Gasteiger partial charge on any atom is -0.348 e. The summed E-state index contributed by atoms with van der Waals surface area (Å²) in [6.45, 7) is 2.53. The van der Waals surface area contributed by atoms with Gasteiger partial charge in [-0.25, -0.2) is 13.1 Å². The Labute approximate surface area is 157 Å². The van der Waals surface area contributed by atoms with Crippen LogP contribution in [0.15, 0.2) is 58.3 Å². The average Bonchev–Trinajstić information content (AvgIpc) is 3.19. The molecule has 3 rings (SSSR count). The molecular formula is C18H21N3O3S2. The third-order valence-electron chi connectivity index (χ3n) is 4.08. The highest BCUT2D eigenvalue weighted by Gasteiger charge is 2.15. The molecule has 6 nitrogen and oxygen atoms in total. The normalized spacial score (nSPS) is 14.7. The van der Waals surface area contributed by atoms with E-state index in [4.69, 9.17) is 0 Å². The van der Waals surface area contributed by atoms with Crippen molar-refractivity contribution in [3.63, 3.8) is 0 Å². The molecule has 1 aromatic heterocycles. The molecule has 8 heteroatoms. The van der Waals surface area contributed by atoms with Gasteiger partial charge in [-0.15, -0.1) is 11.3 Å². The van der Waals surface area contributed by atoms with Crippen LogP contribution in [0, 0.1) is 0 Å². The molecule has 0 unspecified atom stereocenters. The van der Waals surface area contributed by atoms with Gasteiger partial charge in [-0.1, -0.05) is 17.7 Å². The van der Waals surface area contributed by atoms with Crippen molar-refractivity contribution in [1.29, 1.82) is 0 Å². The first-order valence-electron chi connectivity index (χ1n) is 8.33. The maximum Gasteiger partial charge on any atom is 0.251 e. The Morgan fingerprint density at radius 2 is 1.96 bits per heavy atom. The molecule has 0 saturated carbocycles. The molecule has 0 saturated heterocycles. The number of rotatable bonds is 7. The minimum absolute atomic E-state index is 0.145. The minimum atomic E-state index is -3.60. The van der Waals surface area contributed by atoms with Gasteiger partial charge >= 0.3 is 0 Å². The molecular weight excluding hydrogens is 370 g/mol. The van der Waals surface area contributed by atoms with E-state index in [0.29, 0.717) is 12.1 Å². The summed E-state index contributed by atoms with van der Waals surface area (Å²) in [7, 11) is -3.60. The molecule has 1 amide bonds. The number of sulfonamides is 1. The van der Waals surface area contributed by atoms with Crippen LogP contribution in [0.2, 0.25) is 0 Å². The summed E-state index contributed by atoms with van der Waals surface area (Å²) in [6, 6.07) is 9.72. The highest BCUT2D eigenvalue weighted by Crippen LogP contribution is 2.13. The van der Waals surface area contributed by atoms with Crippen molar-refractivity contribution in [2.24, 2.45) is 0 Å². The van der Waals surface area contributed by atoms with E-state index in [-0.39, 0.29) is 17.3 Å². The fraction of sp³-hybridized carbons (Fsp3) is 0.278. The first-order valence-corrected chi connectivity index (χ1v) is 10.7. The summed E-state index contributed by atoms with van der Waals surface area (Å²) < 4.78 is 27.2. The van der Waals surface area contributed by atoms with Crippen molar-refractivity contribution < 1.29 is 13.2 Å². The number of carbonyl (C=O) groups excluding carboxylic acids is 1. The first-order chi connectivity index (χ1) is 12.5. The molecule has 0 fully saturated rings. The molecule has 0 spiro atoms. The van der Waals surface area contributed by atoms with Gasteiger partial charge in [0.1, 0.15) is 0 Å². The summed E-state index contributed by atoms with van der Waals surface area (Å²) in [5.41, 5.74) is 1.64. The maximum atomic E-state index is 12.3. The van der Waals surface area contributed by atoms with Crippen molar-refractivity contribution in [2.75, 3.05) is 19.6 Å². The Kier molecular flexibility index (Phi) is 6.20. The van der Waals surface area contributed by atoms with E-state index in [2.05, 4.69) is 21.4 Å². The quantitative estimate of drug-likeness (QED) is 0.629. The predicted molar refractivity (Wildman–Crippen MR) is 103 cm³/mol. The summed E-state index contributed by atoms with van der Waals surface area (Å²) in [5, 5.41) is 7.99. The zero-order valence-corrected chi connectivity index (χ0v) is 15.8. The number of thiophene rings is 1. The average molecular weight is 392 g/mol. The Bertz CT molecular complexity index is 873. The van der Waals surface area contributed by atoms with E-state index in [1.165, 1.54) is 41.2 Å². The van der Waals surface area contributed by atoms with Crippen LogP contribution in [-0.2, 0) is 16.6 Å². The van der Waals surface area contributed by atoms with E-state index < -0.39 is 10.0 Å². The molecule has 0 atom stereocenters. The van der Waals surface area contributed by atoms with E-state index in [0.717, 1.165) is 24.4 Å². The monoisotopic (exact) mass is 391 g/mol. The first kappa shape index (κ1) is 18.8. The highest BCUT2D eigenvalue weighted by molar-refractivity contribution is 7.89. The lowest BCUT2D eigenvalue weighted by Crippen LogP contribution is -2.29. The molecule has 0 bridgehead atoms. The lowest BCUT2D eigenvalue weighted by atomic mass is 10.1. The van der Waals surface area contributed by atoms with Gasteiger partial charge in [0, 0.05) is 30.1 Å². The van der Waals surface area contributed by atoms with Gasteiger partial charge in [-0.3, -0.25) is 4.79 Å². The molecule has 2 aromatic rings. The molecule has 138 valence electrons. The van der Waals surface area contributed by atoms with Crippen LogP contribution >= 0.6 is 11.3 Å². The molecule has 1 aliphatic heterocycles. The third kappa shape index (κ3) is 5.01. The second kappa shape index (κ2) is 8.59. The van der Waals surface area contributed by atoms with Crippen LogP contribution in [-0.4, -0.2) is 34.0 Å². The van der Waals surface area contributed by atoms with Gasteiger partial charge in [0.25, 0.3) is 5.91 Å². The van der Waals surface area contributed by atoms with Gasteiger partial charge in [-0.05, 0) is 48.7 Å². The van der Waals surface area contributed by atoms with Crippen LogP contribution in [0.4, 0.5) is 0 Å². The van der Waals surface area contributed by atoms with E-state index in [1.807, 2.05) is 17.5 Å². The Balaban J connectivity index is 1.58. The Hall–Kier alpha value is -2.00. The second-order valence-corrected chi connectivity index (χ2v) is 8.73. The molecule has 0 radical (unpaired) electrons. The molecule has 2 heterocycles. The summed E-state index contributed by atoms with van der Waals surface area (Å²) in [5.74, 6) is -0.208. The molecule has 1 aromatic carbocycles. The number of benzene rings is 1. The van der Waals surface area contributed by atoms with Gasteiger partial charge in [0.15, 0.2) is 0 Å². The fourth-order valence-corrected chi connectivity index (χ4v) is 4.32. The number of nitrogens with one attached hydrogen (secondary N) is 3.